The van der Waals surface area contributed by atoms with Crippen LogP contribution in [-0.4, -0.2) is 33.8 Å². The molecule has 0 aliphatic heterocycles. The first-order valence-corrected chi connectivity index (χ1v) is 19.4. The van der Waals surface area contributed by atoms with Gasteiger partial charge < -0.3 is 10.2 Å². The van der Waals surface area contributed by atoms with Crippen LogP contribution in [0.5, 0.6) is 0 Å². The summed E-state index contributed by atoms with van der Waals surface area (Å²) in [7, 11) is 0. The summed E-state index contributed by atoms with van der Waals surface area (Å²) < 4.78 is 0. The van der Waals surface area contributed by atoms with Crippen LogP contribution in [0.25, 0.3) is 0 Å². The second kappa shape index (κ2) is 10.4. The molecule has 0 radical (unpaired) electrons. The highest BCUT2D eigenvalue weighted by Gasteiger charge is 2.62. The largest absolute Gasteiger partial charge is 0.393 e. The molecule has 0 saturated heterocycles. The number of aliphatic hydroxyl groups is 2. The van der Waals surface area contributed by atoms with Gasteiger partial charge in [-0.25, -0.2) is 0 Å². The quantitative estimate of drug-likeness (QED) is 0.293. The number of nitrogens with zero attached hydrogens (tertiary/aromatic N) is 2. The molecule has 8 fully saturated rings. The molecule has 0 heterocycles. The molecular weight excluding hydrogens is 540 g/mol. The van der Waals surface area contributed by atoms with Gasteiger partial charge in [0, 0.05) is 11.4 Å². The van der Waals surface area contributed by atoms with Crippen LogP contribution in [-0.2, 0) is 0 Å². The minimum absolute atomic E-state index is 0.0722. The Bertz CT molecular complexity index is 1120. The molecule has 0 spiro atoms. The number of hydrogen-bond donors (Lipinski definition) is 2. The fraction of sp³-hybridized carbons (Fsp3) is 0.950. The second-order valence-electron chi connectivity index (χ2n) is 19.4. The Labute approximate surface area is 268 Å². The van der Waals surface area contributed by atoms with Crippen LogP contribution in [0.1, 0.15) is 144 Å². The van der Waals surface area contributed by atoms with E-state index in [9.17, 15) is 10.2 Å². The number of aliphatic hydroxyl groups excluding tert-OH is 2. The van der Waals surface area contributed by atoms with Gasteiger partial charge in [-0.3, -0.25) is 0 Å². The highest BCUT2D eigenvalue weighted by atomic mass is 16.3. The Morgan fingerprint density at radius 2 is 0.886 bits per heavy atom. The van der Waals surface area contributed by atoms with Crippen LogP contribution >= 0.6 is 0 Å². The van der Waals surface area contributed by atoms with E-state index in [-0.39, 0.29) is 23.0 Å². The minimum Gasteiger partial charge on any atom is -0.393 e. The Kier molecular flexibility index (Phi) is 7.21. The van der Waals surface area contributed by atoms with Gasteiger partial charge in [0.25, 0.3) is 0 Å². The van der Waals surface area contributed by atoms with Gasteiger partial charge in [0.2, 0.25) is 0 Å². The molecule has 0 aromatic heterocycles. The van der Waals surface area contributed by atoms with E-state index in [1.807, 2.05) is 0 Å². The van der Waals surface area contributed by atoms with Crippen molar-refractivity contribution >= 4 is 11.4 Å². The molecule has 0 amide bonds. The van der Waals surface area contributed by atoms with E-state index in [2.05, 4.69) is 41.5 Å². The summed E-state index contributed by atoms with van der Waals surface area (Å²) in [6.45, 7) is 15.1. The van der Waals surface area contributed by atoms with Crippen molar-refractivity contribution in [3.05, 3.63) is 0 Å². The number of hydrogen-bond acceptors (Lipinski definition) is 4. The summed E-state index contributed by atoms with van der Waals surface area (Å²) in [5.74, 6) is 7.34. The molecule has 4 nitrogen and oxygen atoms in total. The minimum atomic E-state index is -0.0722. The molecule has 0 aromatic carbocycles. The van der Waals surface area contributed by atoms with E-state index in [1.54, 1.807) is 0 Å². The van der Waals surface area contributed by atoms with E-state index >= 15 is 0 Å². The molecule has 16 atom stereocenters. The van der Waals surface area contributed by atoms with Gasteiger partial charge in [-0.15, -0.1) is 0 Å². The molecule has 8 aliphatic rings. The standard InChI is InChI=1S/C40H64N2O2/c1-23-21-39(5)25(7-9-27-29-11-13-35(43)37(29,3)17-15-31(27)39)19-33(23)41-42-34-20-26-8-10-28-30-12-14-36(44)38(30,4)18-16-32(28)40(26,6)22-24(34)2/h23-32,35-36,43-44H,7-22H2,1-6H3/b41-33-,42-34-. The monoisotopic (exact) mass is 604 g/mol. The third kappa shape index (κ3) is 4.20. The molecule has 0 aromatic rings. The summed E-state index contributed by atoms with van der Waals surface area (Å²) in [4.78, 5) is 0. The van der Waals surface area contributed by atoms with E-state index in [0.717, 1.165) is 73.0 Å². The van der Waals surface area contributed by atoms with Crippen molar-refractivity contribution < 1.29 is 10.2 Å². The summed E-state index contributed by atoms with van der Waals surface area (Å²) >= 11 is 0. The Morgan fingerprint density at radius 3 is 1.30 bits per heavy atom. The fourth-order valence-corrected chi connectivity index (χ4v) is 15.2. The van der Waals surface area contributed by atoms with Crippen LogP contribution < -0.4 is 0 Å². The third-order valence-electron chi connectivity index (χ3n) is 17.9. The lowest BCUT2D eigenvalue weighted by Crippen LogP contribution is -2.55. The van der Waals surface area contributed by atoms with E-state index in [0.29, 0.717) is 22.7 Å². The maximum absolute atomic E-state index is 10.9. The van der Waals surface area contributed by atoms with Gasteiger partial charge in [-0.2, -0.15) is 10.2 Å². The molecule has 8 saturated carbocycles. The highest BCUT2D eigenvalue weighted by molar-refractivity contribution is 5.91. The summed E-state index contributed by atoms with van der Waals surface area (Å²) in [5.41, 5.74) is 3.99. The number of fused-ring (bicyclic) bond motifs is 10. The van der Waals surface area contributed by atoms with E-state index < -0.39 is 0 Å². The average Bonchev–Trinajstić information content (AvgIpc) is 3.46. The fourth-order valence-electron chi connectivity index (χ4n) is 15.2. The molecule has 16 unspecified atom stereocenters. The molecule has 44 heavy (non-hydrogen) atoms. The smallest absolute Gasteiger partial charge is 0.0596 e. The first-order chi connectivity index (χ1) is 20.9. The van der Waals surface area contributed by atoms with E-state index in [4.69, 9.17) is 10.2 Å². The lowest BCUT2D eigenvalue weighted by Gasteiger charge is -2.61. The highest BCUT2D eigenvalue weighted by Crippen LogP contribution is 2.68. The Hall–Kier alpha value is -0.740. The average molecular weight is 605 g/mol. The summed E-state index contributed by atoms with van der Waals surface area (Å²) in [5, 5.41) is 32.1. The van der Waals surface area contributed by atoms with Gasteiger partial charge >= 0.3 is 0 Å². The van der Waals surface area contributed by atoms with Crippen LogP contribution in [0.2, 0.25) is 0 Å². The normalized spacial score (nSPS) is 60.2. The lowest BCUT2D eigenvalue weighted by atomic mass is 9.44. The molecular formula is C40H64N2O2. The van der Waals surface area contributed by atoms with Crippen molar-refractivity contribution in [1.29, 1.82) is 0 Å². The van der Waals surface area contributed by atoms with Gasteiger partial charge in [0.1, 0.15) is 0 Å². The molecule has 2 N–H and O–H groups in total. The summed E-state index contributed by atoms with van der Waals surface area (Å²) in [6.07, 6.45) is 19.8. The lowest BCUT2D eigenvalue weighted by molar-refractivity contribution is -0.116. The first kappa shape index (κ1) is 30.6. The Balaban J connectivity index is 0.970. The van der Waals surface area contributed by atoms with Crippen LogP contribution in [0.15, 0.2) is 10.2 Å². The van der Waals surface area contributed by atoms with Crippen LogP contribution in [0, 0.1) is 80.8 Å². The Morgan fingerprint density at radius 1 is 0.500 bits per heavy atom. The topological polar surface area (TPSA) is 65.2 Å². The van der Waals surface area contributed by atoms with Crippen LogP contribution in [0.4, 0.5) is 0 Å². The van der Waals surface area contributed by atoms with Gasteiger partial charge in [0.05, 0.1) is 12.2 Å². The molecule has 0 bridgehead atoms. The molecule has 4 heteroatoms. The zero-order valence-electron chi connectivity index (χ0n) is 29.0. The van der Waals surface area contributed by atoms with Crippen molar-refractivity contribution in [1.82, 2.24) is 0 Å². The number of rotatable bonds is 1. The van der Waals surface area contributed by atoms with Crippen molar-refractivity contribution in [2.45, 2.75) is 156 Å². The predicted molar refractivity (Wildman–Crippen MR) is 179 cm³/mol. The maximum atomic E-state index is 10.9. The van der Waals surface area contributed by atoms with Gasteiger partial charge in [-0.1, -0.05) is 41.5 Å². The van der Waals surface area contributed by atoms with Crippen molar-refractivity contribution in [2.24, 2.45) is 91.0 Å². The zero-order chi connectivity index (χ0) is 30.8. The van der Waals surface area contributed by atoms with Crippen LogP contribution in [0.3, 0.4) is 0 Å². The first-order valence-electron chi connectivity index (χ1n) is 19.4. The maximum Gasteiger partial charge on any atom is 0.0596 e. The molecule has 8 rings (SSSR count). The molecule has 246 valence electrons. The summed E-state index contributed by atoms with van der Waals surface area (Å²) in [6, 6.07) is 0. The predicted octanol–water partition coefficient (Wildman–Crippen LogP) is 9.08. The van der Waals surface area contributed by atoms with Crippen molar-refractivity contribution in [2.75, 3.05) is 0 Å². The van der Waals surface area contributed by atoms with E-state index in [1.165, 1.54) is 88.5 Å². The molecule has 8 aliphatic carbocycles. The van der Waals surface area contributed by atoms with Crippen molar-refractivity contribution in [3.63, 3.8) is 0 Å². The second-order valence-corrected chi connectivity index (χ2v) is 19.4. The van der Waals surface area contributed by atoms with Gasteiger partial charge in [-0.05, 0) is 184 Å². The van der Waals surface area contributed by atoms with Crippen molar-refractivity contribution in [3.8, 4) is 0 Å². The zero-order valence-corrected chi connectivity index (χ0v) is 29.0. The SMILES string of the molecule is CC1CC2(C)C(CCC3C4CCC(O)C4(C)CCC32)C/C1=N/N=C1/CC2CCC3C4CCC(O)C4(C)CCC3C2(C)CC1C. The van der Waals surface area contributed by atoms with Gasteiger partial charge in [0.15, 0.2) is 0 Å². The third-order valence-corrected chi connectivity index (χ3v) is 17.9.